The Morgan fingerprint density at radius 1 is 0.854 bits per heavy atom. The highest BCUT2D eigenvalue weighted by molar-refractivity contribution is 6.74. The molecule has 0 aromatic heterocycles. The molecule has 2 heterocycles. The van der Waals surface area contributed by atoms with Gasteiger partial charge in [-0.05, 0) is 66.6 Å². The van der Waals surface area contributed by atoms with Crippen molar-refractivity contribution in [2.75, 3.05) is 6.61 Å². The summed E-state index contributed by atoms with van der Waals surface area (Å²) in [5, 5.41) is 0.808. The molecular weight excluding hydrogens is 636 g/mol. The molecule has 7 heteroatoms. The van der Waals surface area contributed by atoms with E-state index in [0.717, 1.165) is 33.7 Å². The molecule has 5 rings (SSSR count). The van der Waals surface area contributed by atoms with Crippen molar-refractivity contribution in [1.29, 1.82) is 0 Å². The first-order chi connectivity index (χ1) is 22.9. The standard InChI is InChI=1S/C41H51ClO5Si/c1-30-17-16-24-34(42)25-26-35-27-37(46-39(43)28-36(30)47-48(5,6)40(2,3)4)38(45-35)29-44-41(31-18-10-7-11-19-31,32-20-12-8-13-21-32)33-22-14-9-15-23-33/h7-15,17-24,35-38H,16,25-29H2,1-6H3/b30-17-,34-24-/t35-,36?,37-,38-/m1/s1. The van der Waals surface area contributed by atoms with Crippen molar-refractivity contribution >= 4 is 25.9 Å². The largest absolute Gasteiger partial charge is 0.459 e. The zero-order valence-corrected chi connectivity index (χ0v) is 31.0. The minimum Gasteiger partial charge on any atom is -0.459 e. The van der Waals surface area contributed by atoms with Gasteiger partial charge < -0.3 is 18.6 Å². The molecule has 0 radical (unpaired) electrons. The fourth-order valence-electron chi connectivity index (χ4n) is 6.33. The van der Waals surface area contributed by atoms with Crippen LogP contribution in [0.3, 0.4) is 0 Å². The predicted octanol–water partition coefficient (Wildman–Crippen LogP) is 10.1. The van der Waals surface area contributed by atoms with Gasteiger partial charge in [-0.1, -0.05) is 136 Å². The van der Waals surface area contributed by atoms with Gasteiger partial charge in [0, 0.05) is 11.5 Å². The lowest BCUT2D eigenvalue weighted by molar-refractivity contribution is -0.156. The topological polar surface area (TPSA) is 54.0 Å². The average Bonchev–Trinajstić information content (AvgIpc) is 3.45. The molecule has 3 aromatic carbocycles. The quantitative estimate of drug-likeness (QED) is 0.102. The molecule has 0 saturated carbocycles. The van der Waals surface area contributed by atoms with Gasteiger partial charge >= 0.3 is 5.97 Å². The number of carbonyl (C=O) groups is 1. The first kappa shape index (κ1) is 36.3. The summed E-state index contributed by atoms with van der Waals surface area (Å²) in [6.07, 6.45) is 5.61. The molecule has 1 fully saturated rings. The van der Waals surface area contributed by atoms with Crippen LogP contribution in [0.25, 0.3) is 0 Å². The molecule has 2 bridgehead atoms. The van der Waals surface area contributed by atoms with E-state index in [4.69, 9.17) is 30.2 Å². The number of rotatable bonds is 8. The summed E-state index contributed by atoms with van der Waals surface area (Å²) >= 11 is 6.70. The molecule has 256 valence electrons. The van der Waals surface area contributed by atoms with E-state index in [1.807, 2.05) is 61.5 Å². The Morgan fingerprint density at radius 3 is 1.92 bits per heavy atom. The first-order valence-corrected chi connectivity index (χ1v) is 20.5. The minimum atomic E-state index is -2.18. The summed E-state index contributed by atoms with van der Waals surface area (Å²) in [5.74, 6) is -0.281. The zero-order chi connectivity index (χ0) is 34.4. The van der Waals surface area contributed by atoms with Gasteiger partial charge in [-0.25, -0.2) is 0 Å². The second kappa shape index (κ2) is 15.7. The summed E-state index contributed by atoms with van der Waals surface area (Å²) < 4.78 is 26.9. The Kier molecular flexibility index (Phi) is 11.9. The highest BCUT2D eigenvalue weighted by atomic mass is 35.5. The zero-order valence-electron chi connectivity index (χ0n) is 29.3. The lowest BCUT2D eigenvalue weighted by Crippen LogP contribution is -2.45. The fourth-order valence-corrected chi connectivity index (χ4v) is 7.87. The summed E-state index contributed by atoms with van der Waals surface area (Å²) in [5.41, 5.74) is 3.14. The van der Waals surface area contributed by atoms with E-state index in [1.165, 1.54) is 0 Å². The van der Waals surface area contributed by atoms with Crippen molar-refractivity contribution in [2.45, 2.75) is 108 Å². The van der Waals surface area contributed by atoms with E-state index in [2.05, 4.69) is 82.4 Å². The number of halogens is 1. The molecule has 48 heavy (non-hydrogen) atoms. The van der Waals surface area contributed by atoms with Gasteiger partial charge in [0.15, 0.2) is 8.32 Å². The second-order valence-electron chi connectivity index (χ2n) is 14.6. The van der Waals surface area contributed by atoms with Crippen molar-refractivity contribution in [2.24, 2.45) is 0 Å². The van der Waals surface area contributed by atoms with Gasteiger partial charge in [-0.3, -0.25) is 4.79 Å². The SMILES string of the molecule is C/C1=C/C/C=C(\Cl)CC[C@@H]2C[C@@H](OC(=O)CC1O[Si](C)(C)C(C)(C)C)[C@@H](COC(c1ccccc1)(c1ccccc1)c1ccccc1)O2. The minimum absolute atomic E-state index is 0.00279. The van der Waals surface area contributed by atoms with Crippen LogP contribution in [0.15, 0.2) is 114 Å². The summed E-state index contributed by atoms with van der Waals surface area (Å²) in [6, 6.07) is 30.9. The summed E-state index contributed by atoms with van der Waals surface area (Å²) in [7, 11) is -2.18. The molecule has 5 nitrogen and oxygen atoms in total. The smallest absolute Gasteiger partial charge is 0.309 e. The van der Waals surface area contributed by atoms with Crippen molar-refractivity contribution in [3.05, 3.63) is 130 Å². The monoisotopic (exact) mass is 686 g/mol. The van der Waals surface area contributed by atoms with Crippen LogP contribution < -0.4 is 0 Å². The van der Waals surface area contributed by atoms with E-state index in [1.54, 1.807) is 0 Å². The lowest BCUT2D eigenvalue weighted by atomic mass is 9.80. The van der Waals surface area contributed by atoms with Gasteiger partial charge in [-0.15, -0.1) is 0 Å². The van der Waals surface area contributed by atoms with Crippen molar-refractivity contribution in [3.8, 4) is 0 Å². The summed E-state index contributed by atoms with van der Waals surface area (Å²) in [4.78, 5) is 13.8. The lowest BCUT2D eigenvalue weighted by Gasteiger charge is -2.39. The number of fused-ring (bicyclic) bond motifs is 2. The molecule has 2 aliphatic heterocycles. The normalized spacial score (nSPS) is 25.3. The van der Waals surface area contributed by atoms with Crippen LogP contribution in [0.5, 0.6) is 0 Å². The second-order valence-corrected chi connectivity index (χ2v) is 19.8. The van der Waals surface area contributed by atoms with Crippen molar-refractivity contribution < 1.29 is 23.4 Å². The molecule has 0 amide bonds. The van der Waals surface area contributed by atoms with Gasteiger partial charge in [0.05, 0.1) is 25.2 Å². The number of esters is 1. The molecule has 0 N–H and O–H groups in total. The van der Waals surface area contributed by atoms with Crippen LogP contribution in [-0.2, 0) is 29.0 Å². The number of carbonyl (C=O) groups excluding carboxylic acids is 1. The maximum atomic E-state index is 13.8. The highest BCUT2D eigenvalue weighted by Crippen LogP contribution is 2.42. The summed E-state index contributed by atoms with van der Waals surface area (Å²) in [6.45, 7) is 13.3. The van der Waals surface area contributed by atoms with Gasteiger partial charge in [0.2, 0.25) is 0 Å². The third-order valence-electron chi connectivity index (χ3n) is 10.2. The van der Waals surface area contributed by atoms with E-state index >= 15 is 0 Å². The molecule has 1 saturated heterocycles. The Hall–Kier alpha value is -3.00. The molecular formula is C41H51ClO5Si. The Labute approximate surface area is 293 Å². The number of hydrogen-bond acceptors (Lipinski definition) is 5. The van der Waals surface area contributed by atoms with E-state index in [9.17, 15) is 4.79 Å². The van der Waals surface area contributed by atoms with Crippen molar-refractivity contribution in [3.63, 3.8) is 0 Å². The van der Waals surface area contributed by atoms with Gasteiger partial charge in [0.1, 0.15) is 17.8 Å². The van der Waals surface area contributed by atoms with Crippen LogP contribution in [0.1, 0.15) is 76.5 Å². The molecule has 4 atom stereocenters. The van der Waals surface area contributed by atoms with Crippen LogP contribution in [0.4, 0.5) is 0 Å². The molecule has 0 aliphatic carbocycles. The number of hydrogen-bond donors (Lipinski definition) is 0. The Balaban J connectivity index is 1.46. The van der Waals surface area contributed by atoms with E-state index in [-0.39, 0.29) is 36.2 Å². The molecule has 1 unspecified atom stereocenters. The molecule has 3 aromatic rings. The fraction of sp³-hybridized carbons (Fsp3) is 0.439. The predicted molar refractivity (Wildman–Crippen MR) is 197 cm³/mol. The number of benzene rings is 3. The van der Waals surface area contributed by atoms with E-state index in [0.29, 0.717) is 19.3 Å². The Bertz CT molecular complexity index is 1450. The van der Waals surface area contributed by atoms with Crippen LogP contribution in [-0.4, -0.2) is 45.3 Å². The van der Waals surface area contributed by atoms with Gasteiger partial charge in [-0.2, -0.15) is 0 Å². The number of allylic oxidation sites excluding steroid dienone is 3. The van der Waals surface area contributed by atoms with Crippen molar-refractivity contribution in [1.82, 2.24) is 0 Å². The number of ether oxygens (including phenoxy) is 3. The van der Waals surface area contributed by atoms with Crippen LogP contribution >= 0.6 is 11.6 Å². The van der Waals surface area contributed by atoms with Crippen LogP contribution in [0.2, 0.25) is 18.1 Å². The highest BCUT2D eigenvalue weighted by Gasteiger charge is 2.44. The van der Waals surface area contributed by atoms with Crippen LogP contribution in [0, 0.1) is 0 Å². The first-order valence-electron chi connectivity index (χ1n) is 17.2. The average molecular weight is 687 g/mol. The van der Waals surface area contributed by atoms with E-state index < -0.39 is 26.1 Å². The third-order valence-corrected chi connectivity index (χ3v) is 15.0. The maximum Gasteiger partial charge on any atom is 0.309 e. The molecule has 0 spiro atoms. The Morgan fingerprint density at radius 2 is 1.40 bits per heavy atom. The third kappa shape index (κ3) is 8.58. The van der Waals surface area contributed by atoms with Gasteiger partial charge in [0.25, 0.3) is 0 Å². The maximum absolute atomic E-state index is 13.8. The molecule has 2 aliphatic rings.